The van der Waals surface area contributed by atoms with Crippen molar-refractivity contribution in [3.05, 3.63) is 29.8 Å². The van der Waals surface area contributed by atoms with Crippen LogP contribution in [0.15, 0.2) is 24.3 Å². The minimum atomic E-state index is -0.243. The second kappa shape index (κ2) is 8.37. The molecule has 0 saturated heterocycles. The number of aryl methyl sites for hydroxylation is 1. The van der Waals surface area contributed by atoms with E-state index in [1.807, 2.05) is 38.1 Å². The summed E-state index contributed by atoms with van der Waals surface area (Å²) >= 11 is 0. The first kappa shape index (κ1) is 15.3. The Labute approximate surface area is 114 Å². The molecule has 0 spiro atoms. The lowest BCUT2D eigenvalue weighted by molar-refractivity contribution is 0.207. The highest BCUT2D eigenvalue weighted by atomic mass is 16.5. The maximum Gasteiger partial charge on any atom is 0.314 e. The average Bonchev–Trinajstić information content (AvgIpc) is 2.39. The van der Waals surface area contributed by atoms with Gasteiger partial charge >= 0.3 is 6.03 Å². The number of carbonyl (C=O) groups is 1. The van der Waals surface area contributed by atoms with Crippen LogP contribution >= 0.6 is 0 Å². The van der Waals surface area contributed by atoms with Crippen molar-refractivity contribution >= 4 is 6.03 Å². The van der Waals surface area contributed by atoms with Crippen LogP contribution in [0.5, 0.6) is 5.75 Å². The maximum atomic E-state index is 11.4. The van der Waals surface area contributed by atoms with Gasteiger partial charge in [0, 0.05) is 13.2 Å². The van der Waals surface area contributed by atoms with Gasteiger partial charge in [-0.3, -0.25) is 0 Å². The predicted molar refractivity (Wildman–Crippen MR) is 74.4 cm³/mol. The van der Waals surface area contributed by atoms with Gasteiger partial charge in [0.15, 0.2) is 0 Å². The van der Waals surface area contributed by atoms with Crippen molar-refractivity contribution in [2.45, 2.75) is 26.4 Å². The highest BCUT2D eigenvalue weighted by Gasteiger charge is 2.06. The van der Waals surface area contributed by atoms with Crippen LogP contribution in [0.1, 0.15) is 18.9 Å². The summed E-state index contributed by atoms with van der Waals surface area (Å²) in [5, 5.41) is 14.0. The van der Waals surface area contributed by atoms with Gasteiger partial charge in [-0.2, -0.15) is 0 Å². The molecule has 2 amide bonds. The van der Waals surface area contributed by atoms with Crippen LogP contribution in [-0.4, -0.2) is 36.9 Å². The third kappa shape index (κ3) is 6.67. The Hall–Kier alpha value is -1.75. The predicted octanol–water partition coefficient (Wildman–Crippen LogP) is 1.44. The summed E-state index contributed by atoms with van der Waals surface area (Å²) in [4.78, 5) is 11.4. The van der Waals surface area contributed by atoms with Crippen LogP contribution in [0.25, 0.3) is 0 Å². The van der Waals surface area contributed by atoms with E-state index in [0.29, 0.717) is 19.5 Å². The molecule has 1 aromatic rings. The van der Waals surface area contributed by atoms with Gasteiger partial charge in [0.25, 0.3) is 0 Å². The molecule has 5 nitrogen and oxygen atoms in total. The zero-order valence-electron chi connectivity index (χ0n) is 11.5. The minimum Gasteiger partial charge on any atom is -0.489 e. The normalized spacial score (nSPS) is 11.7. The van der Waals surface area contributed by atoms with Crippen LogP contribution < -0.4 is 15.4 Å². The molecule has 3 N–H and O–H groups in total. The van der Waals surface area contributed by atoms with Gasteiger partial charge in [0.05, 0.1) is 6.54 Å². The van der Waals surface area contributed by atoms with Gasteiger partial charge in [-0.25, -0.2) is 4.79 Å². The Kier molecular flexibility index (Phi) is 6.74. The van der Waals surface area contributed by atoms with Crippen molar-refractivity contribution in [3.8, 4) is 5.75 Å². The molecule has 1 unspecified atom stereocenters. The number of hydrogen-bond donors (Lipinski definition) is 3. The molecule has 1 aromatic carbocycles. The van der Waals surface area contributed by atoms with Crippen molar-refractivity contribution in [1.29, 1.82) is 0 Å². The third-order valence-corrected chi connectivity index (χ3v) is 2.53. The molecule has 1 atom stereocenters. The number of amides is 2. The summed E-state index contributed by atoms with van der Waals surface area (Å²) in [5.41, 5.74) is 1.18. The van der Waals surface area contributed by atoms with Gasteiger partial charge in [0.2, 0.25) is 0 Å². The van der Waals surface area contributed by atoms with Gasteiger partial charge in [-0.15, -0.1) is 0 Å². The van der Waals surface area contributed by atoms with Crippen LogP contribution in [0.4, 0.5) is 4.79 Å². The number of nitrogens with one attached hydrogen (secondary N) is 2. The Balaban J connectivity index is 2.22. The van der Waals surface area contributed by atoms with Gasteiger partial charge < -0.3 is 20.5 Å². The first-order valence-electron chi connectivity index (χ1n) is 6.47. The summed E-state index contributed by atoms with van der Waals surface area (Å²) in [7, 11) is 0. The lowest BCUT2D eigenvalue weighted by Crippen LogP contribution is -2.40. The van der Waals surface area contributed by atoms with Gasteiger partial charge in [-0.1, -0.05) is 17.7 Å². The SMILES string of the molecule is Cc1ccc(OC(C)CNC(=O)NCCCO)cc1. The molecule has 0 heterocycles. The van der Waals surface area contributed by atoms with Crippen LogP contribution in [-0.2, 0) is 0 Å². The van der Waals surface area contributed by atoms with Crippen LogP contribution in [0.3, 0.4) is 0 Å². The number of carbonyl (C=O) groups excluding carboxylic acids is 1. The minimum absolute atomic E-state index is 0.0766. The summed E-state index contributed by atoms with van der Waals surface area (Å²) in [6.45, 7) is 4.89. The quantitative estimate of drug-likeness (QED) is 0.654. The van der Waals surface area contributed by atoms with Gasteiger partial charge in [0.1, 0.15) is 11.9 Å². The van der Waals surface area contributed by atoms with Crippen LogP contribution in [0, 0.1) is 6.92 Å². The fourth-order valence-corrected chi connectivity index (χ4v) is 1.47. The first-order valence-corrected chi connectivity index (χ1v) is 6.47. The molecule has 106 valence electrons. The fourth-order valence-electron chi connectivity index (χ4n) is 1.47. The molecular formula is C14H22N2O3. The van der Waals surface area contributed by atoms with E-state index < -0.39 is 0 Å². The van der Waals surface area contributed by atoms with E-state index >= 15 is 0 Å². The number of aliphatic hydroxyl groups is 1. The lowest BCUT2D eigenvalue weighted by Gasteiger charge is -2.16. The number of hydrogen-bond acceptors (Lipinski definition) is 3. The molecule has 0 radical (unpaired) electrons. The smallest absolute Gasteiger partial charge is 0.314 e. The Bertz CT molecular complexity index is 379. The number of rotatable bonds is 7. The van der Waals surface area contributed by atoms with E-state index in [9.17, 15) is 4.79 Å². The van der Waals surface area contributed by atoms with Crippen molar-refractivity contribution in [2.75, 3.05) is 19.7 Å². The topological polar surface area (TPSA) is 70.6 Å². The average molecular weight is 266 g/mol. The number of urea groups is 1. The second-order valence-electron chi connectivity index (χ2n) is 4.46. The van der Waals surface area contributed by atoms with E-state index in [-0.39, 0.29) is 18.7 Å². The first-order chi connectivity index (χ1) is 9.11. The molecule has 0 fully saturated rings. The molecule has 0 aliphatic heterocycles. The Morgan fingerprint density at radius 3 is 2.63 bits per heavy atom. The third-order valence-electron chi connectivity index (χ3n) is 2.53. The molecule has 0 aromatic heterocycles. The molecular weight excluding hydrogens is 244 g/mol. The molecule has 0 saturated carbocycles. The molecule has 0 bridgehead atoms. The largest absolute Gasteiger partial charge is 0.489 e. The van der Waals surface area contributed by atoms with E-state index in [1.54, 1.807) is 0 Å². The van der Waals surface area contributed by atoms with E-state index in [1.165, 1.54) is 5.56 Å². The summed E-state index contributed by atoms with van der Waals surface area (Å²) in [5.74, 6) is 0.792. The van der Waals surface area contributed by atoms with Crippen LogP contribution in [0.2, 0.25) is 0 Å². The van der Waals surface area contributed by atoms with E-state index in [4.69, 9.17) is 9.84 Å². The van der Waals surface area contributed by atoms with E-state index in [0.717, 1.165) is 5.75 Å². The number of benzene rings is 1. The molecule has 19 heavy (non-hydrogen) atoms. The van der Waals surface area contributed by atoms with Gasteiger partial charge in [-0.05, 0) is 32.4 Å². The molecule has 0 aliphatic rings. The molecule has 5 heteroatoms. The molecule has 1 rings (SSSR count). The van der Waals surface area contributed by atoms with Crippen molar-refractivity contribution in [3.63, 3.8) is 0 Å². The summed E-state index contributed by atoms with van der Waals surface area (Å²) in [6, 6.07) is 7.54. The standard InChI is InChI=1S/C14H22N2O3/c1-11-4-6-13(7-5-11)19-12(2)10-16-14(18)15-8-3-9-17/h4-7,12,17H,3,8-10H2,1-2H3,(H2,15,16,18). The fraction of sp³-hybridized carbons (Fsp3) is 0.500. The maximum absolute atomic E-state index is 11.4. The van der Waals surface area contributed by atoms with E-state index in [2.05, 4.69) is 10.6 Å². The lowest BCUT2D eigenvalue weighted by atomic mass is 10.2. The summed E-state index contributed by atoms with van der Waals surface area (Å²) < 4.78 is 5.66. The highest BCUT2D eigenvalue weighted by Crippen LogP contribution is 2.12. The highest BCUT2D eigenvalue weighted by molar-refractivity contribution is 5.73. The Morgan fingerprint density at radius 2 is 2.00 bits per heavy atom. The Morgan fingerprint density at radius 1 is 1.32 bits per heavy atom. The van der Waals surface area contributed by atoms with Crippen molar-refractivity contribution in [1.82, 2.24) is 10.6 Å². The summed E-state index contributed by atoms with van der Waals surface area (Å²) in [6.07, 6.45) is 0.453. The number of ether oxygens (including phenoxy) is 1. The second-order valence-corrected chi connectivity index (χ2v) is 4.46. The monoisotopic (exact) mass is 266 g/mol. The van der Waals surface area contributed by atoms with Crippen molar-refractivity contribution in [2.24, 2.45) is 0 Å². The zero-order chi connectivity index (χ0) is 14.1. The van der Waals surface area contributed by atoms with Crippen molar-refractivity contribution < 1.29 is 14.6 Å². The number of aliphatic hydroxyl groups excluding tert-OH is 1. The zero-order valence-corrected chi connectivity index (χ0v) is 11.5. The molecule has 0 aliphatic carbocycles.